The van der Waals surface area contributed by atoms with Crippen LogP contribution in [0.5, 0.6) is 5.75 Å². The Morgan fingerprint density at radius 3 is 2.57 bits per heavy atom. The van der Waals surface area contributed by atoms with E-state index in [2.05, 4.69) is 10.4 Å². The van der Waals surface area contributed by atoms with Gasteiger partial charge >= 0.3 is 0 Å². The highest BCUT2D eigenvalue weighted by Gasteiger charge is 2.28. The molecule has 0 fully saturated rings. The number of nitrogens with one attached hydrogen (secondary N) is 1. The van der Waals surface area contributed by atoms with Crippen molar-refractivity contribution in [3.05, 3.63) is 71.4 Å². The van der Waals surface area contributed by atoms with Gasteiger partial charge in [0.05, 0.1) is 12.2 Å². The molecule has 10 heteroatoms. The second-order valence-electron chi connectivity index (χ2n) is 6.42. The van der Waals surface area contributed by atoms with Crippen molar-refractivity contribution >= 4 is 33.2 Å². The molecular weight excluding hydrogens is 428 g/mol. The first kappa shape index (κ1) is 21.7. The molecule has 0 radical (unpaired) electrons. The number of ether oxygens (including phenoxy) is 1. The molecule has 3 rings (SSSR count). The number of sulfonamides is 1. The van der Waals surface area contributed by atoms with E-state index in [1.807, 2.05) is 0 Å². The number of carbonyl (C=O) groups is 1. The van der Waals surface area contributed by atoms with E-state index in [9.17, 15) is 13.2 Å². The average Bonchev–Trinajstić information content (AvgIpc) is 3.19. The van der Waals surface area contributed by atoms with Gasteiger partial charge in [-0.25, -0.2) is 0 Å². The van der Waals surface area contributed by atoms with Gasteiger partial charge in [-0.3, -0.25) is 13.8 Å². The number of rotatable bonds is 8. The van der Waals surface area contributed by atoms with Crippen molar-refractivity contribution in [1.82, 2.24) is 15.1 Å². The maximum absolute atomic E-state index is 13.4. The topological polar surface area (TPSA) is 93.5 Å². The molecule has 0 atom stereocenters. The van der Waals surface area contributed by atoms with Crippen LogP contribution in [0.4, 0.5) is 5.69 Å². The van der Waals surface area contributed by atoms with E-state index in [4.69, 9.17) is 16.3 Å². The van der Waals surface area contributed by atoms with Gasteiger partial charge < -0.3 is 10.1 Å². The molecule has 158 valence electrons. The number of halogens is 1. The highest BCUT2D eigenvalue weighted by Crippen LogP contribution is 2.28. The number of aryl methyl sites for hydroxylation is 1. The molecule has 8 nitrogen and oxygen atoms in total. The SMILES string of the molecule is CNC(=O)COc1cccc(N(Cc2ccc(Cl)cc2)S(=O)(=O)c2ccn(C)n2)c1. The van der Waals surface area contributed by atoms with Crippen LogP contribution < -0.4 is 14.4 Å². The first-order valence-electron chi connectivity index (χ1n) is 9.00. The van der Waals surface area contributed by atoms with Crippen molar-refractivity contribution in [3.63, 3.8) is 0 Å². The zero-order valence-electron chi connectivity index (χ0n) is 16.4. The zero-order valence-corrected chi connectivity index (χ0v) is 18.0. The lowest BCUT2D eigenvalue weighted by Crippen LogP contribution is -2.31. The Bertz CT molecular complexity index is 1130. The average molecular weight is 449 g/mol. The van der Waals surface area contributed by atoms with E-state index < -0.39 is 10.0 Å². The third-order valence-electron chi connectivity index (χ3n) is 4.24. The Balaban J connectivity index is 1.99. The number of aromatic nitrogens is 2. The van der Waals surface area contributed by atoms with Gasteiger partial charge in [0.15, 0.2) is 11.6 Å². The first-order valence-corrected chi connectivity index (χ1v) is 10.8. The third-order valence-corrected chi connectivity index (χ3v) is 6.16. The molecule has 0 aliphatic heterocycles. The number of hydrogen-bond acceptors (Lipinski definition) is 5. The standard InChI is InChI=1S/C20H21ClN4O4S/c1-22-19(26)14-29-18-5-3-4-17(12-18)25(13-15-6-8-16(21)9-7-15)30(27,28)20-10-11-24(2)23-20/h3-12H,13-14H2,1-2H3,(H,22,26). The van der Waals surface area contributed by atoms with E-state index in [1.165, 1.54) is 22.1 Å². The van der Waals surface area contributed by atoms with Crippen LogP contribution in [0.1, 0.15) is 5.56 Å². The summed E-state index contributed by atoms with van der Waals surface area (Å²) in [6.07, 6.45) is 1.57. The molecule has 0 aliphatic carbocycles. The van der Waals surface area contributed by atoms with E-state index in [0.29, 0.717) is 16.5 Å². The van der Waals surface area contributed by atoms with Crippen molar-refractivity contribution in [3.8, 4) is 5.75 Å². The second-order valence-corrected chi connectivity index (χ2v) is 8.67. The Kier molecular flexibility index (Phi) is 6.63. The molecule has 0 saturated carbocycles. The number of hydrogen-bond donors (Lipinski definition) is 1. The highest BCUT2D eigenvalue weighted by atomic mass is 35.5. The minimum absolute atomic E-state index is 0.0645. The monoisotopic (exact) mass is 448 g/mol. The van der Waals surface area contributed by atoms with Gasteiger partial charge in [-0.2, -0.15) is 13.5 Å². The van der Waals surface area contributed by atoms with E-state index in [-0.39, 0.29) is 24.1 Å². The minimum atomic E-state index is -3.96. The molecular formula is C20H21ClN4O4S. The number of nitrogens with zero attached hydrogens (tertiary/aromatic N) is 3. The van der Waals surface area contributed by atoms with Crippen molar-refractivity contribution in [2.45, 2.75) is 11.6 Å². The molecule has 1 amide bonds. The Morgan fingerprint density at radius 2 is 1.93 bits per heavy atom. The largest absolute Gasteiger partial charge is 0.484 e. The Labute approximate surface area is 180 Å². The number of benzene rings is 2. The van der Waals surface area contributed by atoms with Crippen LogP contribution in [-0.4, -0.2) is 37.8 Å². The summed E-state index contributed by atoms with van der Waals surface area (Å²) in [7, 11) is -0.803. The minimum Gasteiger partial charge on any atom is -0.484 e. The number of anilines is 1. The lowest BCUT2D eigenvalue weighted by molar-refractivity contribution is -0.122. The normalized spacial score (nSPS) is 11.2. The van der Waals surface area contributed by atoms with Crippen molar-refractivity contribution in [2.75, 3.05) is 18.0 Å². The van der Waals surface area contributed by atoms with Crippen LogP contribution >= 0.6 is 11.6 Å². The number of carbonyl (C=O) groups excluding carboxylic acids is 1. The molecule has 1 N–H and O–H groups in total. The lowest BCUT2D eigenvalue weighted by Gasteiger charge is -2.24. The van der Waals surface area contributed by atoms with Crippen LogP contribution in [-0.2, 0) is 28.4 Å². The molecule has 0 aliphatic rings. The predicted molar refractivity (Wildman–Crippen MR) is 114 cm³/mol. The molecule has 0 bridgehead atoms. The van der Waals surface area contributed by atoms with Crippen molar-refractivity contribution in [2.24, 2.45) is 7.05 Å². The summed E-state index contributed by atoms with van der Waals surface area (Å²) in [6.45, 7) is -0.112. The molecule has 30 heavy (non-hydrogen) atoms. The number of likely N-dealkylation sites (N-methyl/N-ethyl adjacent to an activating group) is 1. The molecule has 0 spiro atoms. The summed E-state index contributed by atoms with van der Waals surface area (Å²) < 4.78 is 34.9. The molecule has 1 heterocycles. The fourth-order valence-corrected chi connectivity index (χ4v) is 4.19. The molecule has 1 aromatic heterocycles. The summed E-state index contributed by atoms with van der Waals surface area (Å²) in [5.74, 6) is 0.0768. The van der Waals surface area contributed by atoms with Gasteiger partial charge in [0.2, 0.25) is 0 Å². The molecule has 0 unspecified atom stereocenters. The van der Waals surface area contributed by atoms with E-state index in [0.717, 1.165) is 5.56 Å². The van der Waals surface area contributed by atoms with Gasteiger partial charge in [-0.15, -0.1) is 0 Å². The predicted octanol–water partition coefficient (Wildman–Crippen LogP) is 2.59. The van der Waals surface area contributed by atoms with Crippen LogP contribution in [0.2, 0.25) is 5.02 Å². The summed E-state index contributed by atoms with van der Waals surface area (Å²) in [5, 5.41) is 7.01. The van der Waals surface area contributed by atoms with Gasteiger partial charge in [0.1, 0.15) is 5.75 Å². The Hall–Kier alpha value is -3.04. The van der Waals surface area contributed by atoms with Gasteiger partial charge in [-0.1, -0.05) is 29.8 Å². The van der Waals surface area contributed by atoms with Crippen LogP contribution in [0.25, 0.3) is 0 Å². The summed E-state index contributed by atoms with van der Waals surface area (Å²) in [4.78, 5) is 11.5. The highest BCUT2D eigenvalue weighted by molar-refractivity contribution is 7.92. The van der Waals surface area contributed by atoms with Crippen molar-refractivity contribution in [1.29, 1.82) is 0 Å². The van der Waals surface area contributed by atoms with E-state index >= 15 is 0 Å². The van der Waals surface area contributed by atoms with Gasteiger partial charge in [-0.05, 0) is 35.9 Å². The molecule has 3 aromatic rings. The van der Waals surface area contributed by atoms with Gasteiger partial charge in [0, 0.05) is 31.4 Å². The third kappa shape index (κ3) is 5.11. The van der Waals surface area contributed by atoms with Crippen LogP contribution in [0.15, 0.2) is 65.8 Å². The van der Waals surface area contributed by atoms with Crippen molar-refractivity contribution < 1.29 is 17.9 Å². The smallest absolute Gasteiger partial charge is 0.283 e. The first-order chi connectivity index (χ1) is 14.3. The Morgan fingerprint density at radius 1 is 1.20 bits per heavy atom. The fourth-order valence-electron chi connectivity index (χ4n) is 2.66. The second kappa shape index (κ2) is 9.19. The maximum atomic E-state index is 13.4. The van der Waals surface area contributed by atoms with Gasteiger partial charge in [0.25, 0.3) is 15.9 Å². The van der Waals surface area contributed by atoms with Crippen LogP contribution in [0, 0.1) is 0 Å². The summed E-state index contributed by atoms with van der Waals surface area (Å²) in [5.41, 5.74) is 1.13. The molecule has 0 saturated heterocycles. The summed E-state index contributed by atoms with van der Waals surface area (Å²) >= 11 is 5.95. The van der Waals surface area contributed by atoms with Crippen LogP contribution in [0.3, 0.4) is 0 Å². The number of amides is 1. The van der Waals surface area contributed by atoms with E-state index in [1.54, 1.807) is 61.8 Å². The maximum Gasteiger partial charge on any atom is 0.283 e. The fraction of sp³-hybridized carbons (Fsp3) is 0.200. The molecule has 2 aromatic carbocycles. The summed E-state index contributed by atoms with van der Waals surface area (Å²) in [6, 6.07) is 14.9. The zero-order chi connectivity index (χ0) is 21.7. The lowest BCUT2D eigenvalue weighted by atomic mass is 10.2. The quantitative estimate of drug-likeness (QED) is 0.571.